The smallest absolute Gasteiger partial charge is 0.203 e. The summed E-state index contributed by atoms with van der Waals surface area (Å²) in [6.45, 7) is 2.80. The van der Waals surface area contributed by atoms with E-state index in [0.29, 0.717) is 36.0 Å². The number of anilines is 1. The van der Waals surface area contributed by atoms with Crippen LogP contribution in [0.4, 0.5) is 14.5 Å². The Morgan fingerprint density at radius 1 is 0.731 bits per heavy atom. The van der Waals surface area contributed by atoms with Crippen molar-refractivity contribution < 1.29 is 27.7 Å². The largest absolute Gasteiger partial charge is 0.497 e. The highest BCUT2D eigenvalue weighted by Gasteiger charge is 2.27. The molecular formula is C39H43Cl3F2N4O4. The first-order chi connectivity index (χ1) is 23.9. The highest BCUT2D eigenvalue weighted by molar-refractivity contribution is 5.86. The molecule has 0 amide bonds. The van der Waals surface area contributed by atoms with Crippen LogP contribution in [0.5, 0.6) is 23.0 Å². The van der Waals surface area contributed by atoms with Gasteiger partial charge in [-0.2, -0.15) is 0 Å². The van der Waals surface area contributed by atoms with Crippen LogP contribution >= 0.6 is 37.2 Å². The number of rotatable bonds is 12. The molecule has 3 heterocycles. The number of pyridine rings is 2. The van der Waals surface area contributed by atoms with Gasteiger partial charge in [-0.3, -0.25) is 14.9 Å². The maximum Gasteiger partial charge on any atom is 0.203 e. The lowest BCUT2D eigenvalue weighted by molar-refractivity contribution is 0.199. The maximum absolute atomic E-state index is 14.6. The lowest BCUT2D eigenvalue weighted by Crippen LogP contribution is -2.44. The monoisotopic (exact) mass is 774 g/mol. The third-order valence-electron chi connectivity index (χ3n) is 9.02. The van der Waals surface area contributed by atoms with Crippen molar-refractivity contribution in [1.82, 2.24) is 14.9 Å². The number of hydrogen-bond donors (Lipinski definition) is 0. The van der Waals surface area contributed by atoms with Crippen molar-refractivity contribution in [3.8, 4) is 45.3 Å². The van der Waals surface area contributed by atoms with Gasteiger partial charge in [0.1, 0.15) is 5.75 Å². The Bertz CT molecular complexity index is 1890. The van der Waals surface area contributed by atoms with Crippen molar-refractivity contribution in [3.05, 3.63) is 114 Å². The first kappa shape index (κ1) is 42.1. The molecule has 52 heavy (non-hydrogen) atoms. The van der Waals surface area contributed by atoms with E-state index in [9.17, 15) is 8.78 Å². The molecule has 13 heteroatoms. The molecule has 278 valence electrons. The number of hydrogen-bond acceptors (Lipinski definition) is 8. The van der Waals surface area contributed by atoms with Crippen LogP contribution in [0.1, 0.15) is 24.1 Å². The second-order valence-electron chi connectivity index (χ2n) is 12.0. The standard InChI is InChI=1S/C39H40F2N4O4.3ClH/c1-46-32-8-5-7-27(18-32)33-9-6-14-43-36(33)25-44-15-12-30(13-16-44)45(31-10-11-34(40)35(41)21-31)24-26-17-29(23-42-22-26)28-19-37(47-2)39(49-4)38(20-28)48-3;;;/h5-11,14,17-23,30H,12-13,15-16,24-25H2,1-4H3;3*1H. The fourth-order valence-electron chi connectivity index (χ4n) is 6.49. The number of methoxy groups -OCH3 is 4. The molecule has 1 aliphatic rings. The second-order valence-corrected chi connectivity index (χ2v) is 12.0. The lowest BCUT2D eigenvalue weighted by atomic mass is 9.99. The van der Waals surface area contributed by atoms with E-state index in [1.807, 2.05) is 48.8 Å². The van der Waals surface area contributed by atoms with Gasteiger partial charge in [-0.1, -0.05) is 18.2 Å². The van der Waals surface area contributed by atoms with Gasteiger partial charge < -0.3 is 23.8 Å². The van der Waals surface area contributed by atoms with E-state index in [4.69, 9.17) is 23.9 Å². The van der Waals surface area contributed by atoms with Gasteiger partial charge in [0.25, 0.3) is 0 Å². The third kappa shape index (κ3) is 9.54. The number of aromatic nitrogens is 2. The van der Waals surface area contributed by atoms with Crippen LogP contribution in [0.25, 0.3) is 22.3 Å². The molecule has 0 aliphatic carbocycles. The van der Waals surface area contributed by atoms with Gasteiger partial charge in [-0.15, -0.1) is 37.2 Å². The Balaban J connectivity index is 0.00000243. The highest BCUT2D eigenvalue weighted by atomic mass is 35.5. The zero-order valence-electron chi connectivity index (χ0n) is 29.4. The average Bonchev–Trinajstić information content (AvgIpc) is 3.15. The van der Waals surface area contributed by atoms with E-state index in [1.54, 1.807) is 40.7 Å². The molecule has 0 atom stereocenters. The predicted octanol–water partition coefficient (Wildman–Crippen LogP) is 9.06. The predicted molar refractivity (Wildman–Crippen MR) is 208 cm³/mol. The Morgan fingerprint density at radius 2 is 1.46 bits per heavy atom. The molecule has 0 spiro atoms. The van der Waals surface area contributed by atoms with Gasteiger partial charge >= 0.3 is 0 Å². The van der Waals surface area contributed by atoms with Gasteiger partial charge in [-0.05, 0) is 78.1 Å². The number of nitrogens with zero attached hydrogens (tertiary/aromatic N) is 4. The summed E-state index contributed by atoms with van der Waals surface area (Å²) in [5.41, 5.74) is 6.39. The Hall–Kier alpha value is -4.35. The molecule has 0 N–H and O–H groups in total. The molecule has 0 bridgehead atoms. The summed E-state index contributed by atoms with van der Waals surface area (Å²) in [5, 5.41) is 0. The fourth-order valence-corrected chi connectivity index (χ4v) is 6.49. The van der Waals surface area contributed by atoms with Crippen molar-refractivity contribution >= 4 is 42.9 Å². The number of likely N-dealkylation sites (tertiary alicyclic amines) is 1. The minimum atomic E-state index is -0.871. The van der Waals surface area contributed by atoms with Crippen molar-refractivity contribution in [3.63, 3.8) is 0 Å². The van der Waals surface area contributed by atoms with E-state index >= 15 is 0 Å². The Labute approximate surface area is 322 Å². The van der Waals surface area contributed by atoms with Gasteiger partial charge in [0.2, 0.25) is 5.75 Å². The summed E-state index contributed by atoms with van der Waals surface area (Å²) in [7, 11) is 6.39. The minimum absolute atomic E-state index is 0. The summed E-state index contributed by atoms with van der Waals surface area (Å²) in [4.78, 5) is 13.9. The van der Waals surface area contributed by atoms with Gasteiger partial charge in [0.05, 0.1) is 34.1 Å². The van der Waals surface area contributed by atoms with Crippen molar-refractivity contribution in [2.75, 3.05) is 46.4 Å². The number of ether oxygens (including phenoxy) is 4. The average molecular weight is 776 g/mol. The number of piperidine rings is 1. The molecule has 1 aliphatic heterocycles. The molecule has 1 saturated heterocycles. The van der Waals surface area contributed by atoms with Gasteiger partial charge in [0, 0.05) is 73.7 Å². The Kier molecular flexibility index (Phi) is 15.8. The summed E-state index contributed by atoms with van der Waals surface area (Å²) >= 11 is 0. The zero-order chi connectivity index (χ0) is 34.3. The quantitative estimate of drug-likeness (QED) is 0.124. The van der Waals surface area contributed by atoms with Crippen LogP contribution < -0.4 is 23.8 Å². The topological polar surface area (TPSA) is 69.2 Å². The zero-order valence-corrected chi connectivity index (χ0v) is 31.8. The summed E-state index contributed by atoms with van der Waals surface area (Å²) in [5.74, 6) is 0.650. The number of halogens is 5. The molecular weight excluding hydrogens is 733 g/mol. The van der Waals surface area contributed by atoms with E-state index < -0.39 is 11.6 Å². The summed E-state index contributed by atoms with van der Waals surface area (Å²) < 4.78 is 50.7. The van der Waals surface area contributed by atoms with E-state index in [2.05, 4.69) is 33.0 Å². The normalized spacial score (nSPS) is 12.8. The van der Waals surface area contributed by atoms with Crippen molar-refractivity contribution in [1.29, 1.82) is 0 Å². The first-order valence-corrected chi connectivity index (χ1v) is 16.2. The van der Waals surface area contributed by atoms with Crippen molar-refractivity contribution in [2.24, 2.45) is 0 Å². The molecule has 3 aromatic carbocycles. The van der Waals surface area contributed by atoms with Crippen LogP contribution in [0.15, 0.2) is 91.4 Å². The van der Waals surface area contributed by atoms with Crippen LogP contribution in [0.2, 0.25) is 0 Å². The SMILES string of the molecule is COc1cccc(-c2cccnc2CN2CCC(N(Cc3cncc(-c4cc(OC)c(OC)c(OC)c4)c3)c3ccc(F)c(F)c3)CC2)c1.Cl.Cl.Cl. The molecule has 0 saturated carbocycles. The summed E-state index contributed by atoms with van der Waals surface area (Å²) in [6.07, 6.45) is 7.09. The van der Waals surface area contributed by atoms with E-state index in [-0.39, 0.29) is 43.3 Å². The van der Waals surface area contributed by atoms with Crippen LogP contribution in [-0.2, 0) is 13.1 Å². The molecule has 2 aromatic heterocycles. The fraction of sp³-hybridized carbons (Fsp3) is 0.282. The van der Waals surface area contributed by atoms with Crippen molar-refractivity contribution in [2.45, 2.75) is 32.0 Å². The lowest BCUT2D eigenvalue weighted by Gasteiger charge is -2.40. The van der Waals surface area contributed by atoms with Crippen LogP contribution in [-0.4, -0.2) is 62.4 Å². The minimum Gasteiger partial charge on any atom is -0.497 e. The Morgan fingerprint density at radius 3 is 2.12 bits per heavy atom. The van der Waals surface area contributed by atoms with Crippen LogP contribution in [0.3, 0.4) is 0 Å². The van der Waals surface area contributed by atoms with E-state index in [0.717, 1.165) is 65.2 Å². The molecule has 0 unspecified atom stereocenters. The molecule has 8 nitrogen and oxygen atoms in total. The van der Waals surface area contributed by atoms with Crippen LogP contribution in [0, 0.1) is 11.6 Å². The first-order valence-electron chi connectivity index (χ1n) is 16.2. The third-order valence-corrected chi connectivity index (χ3v) is 9.02. The molecule has 1 fully saturated rings. The number of benzene rings is 3. The highest BCUT2D eigenvalue weighted by Crippen LogP contribution is 2.41. The molecule has 5 aromatic rings. The summed E-state index contributed by atoms with van der Waals surface area (Å²) in [6, 6.07) is 22.1. The van der Waals surface area contributed by atoms with Gasteiger partial charge in [0.15, 0.2) is 23.1 Å². The van der Waals surface area contributed by atoms with Gasteiger partial charge in [-0.25, -0.2) is 8.78 Å². The molecule has 0 radical (unpaired) electrons. The molecule has 6 rings (SSSR count). The second kappa shape index (κ2) is 19.5. The maximum atomic E-state index is 14.6. The van der Waals surface area contributed by atoms with E-state index in [1.165, 1.54) is 12.1 Å².